The number of hydroxylamine groups is 1. The molecule has 2 aromatic rings. The summed E-state index contributed by atoms with van der Waals surface area (Å²) in [6.45, 7) is 1.92. The number of thiocarbonyl (C=S) groups is 1. The number of nitrogens with one attached hydrogen (secondary N) is 3. The Morgan fingerprint density at radius 1 is 1.43 bits per heavy atom. The average Bonchev–Trinajstić information content (AvgIpc) is 3.04. The van der Waals surface area contributed by atoms with E-state index < -0.39 is 0 Å². The molecule has 4 atom stereocenters. The number of hydrogen-bond donors (Lipinski definition) is 3. The van der Waals surface area contributed by atoms with Gasteiger partial charge in [0.1, 0.15) is 6.10 Å². The number of aromatic nitrogens is 1. The van der Waals surface area contributed by atoms with Gasteiger partial charge in [0.2, 0.25) is 0 Å². The monoisotopic (exact) mass is 420 g/mol. The molecule has 6 nitrogen and oxygen atoms in total. The second-order valence-corrected chi connectivity index (χ2v) is 8.23. The third kappa shape index (κ3) is 3.30. The number of nitrogens with zero attached hydrogens (tertiary/aromatic N) is 1. The van der Waals surface area contributed by atoms with Crippen LogP contribution >= 0.6 is 23.8 Å². The van der Waals surface area contributed by atoms with Crippen LogP contribution in [0.25, 0.3) is 10.9 Å². The van der Waals surface area contributed by atoms with Crippen molar-refractivity contribution in [3.63, 3.8) is 0 Å². The van der Waals surface area contributed by atoms with Crippen molar-refractivity contribution in [1.82, 2.24) is 15.6 Å². The second kappa shape index (κ2) is 7.99. The van der Waals surface area contributed by atoms with Crippen molar-refractivity contribution in [1.29, 1.82) is 0 Å². The van der Waals surface area contributed by atoms with Gasteiger partial charge in [-0.05, 0) is 51.3 Å². The number of halogens is 1. The highest BCUT2D eigenvalue weighted by Gasteiger charge is 2.39. The number of anilines is 1. The molecule has 1 saturated carbocycles. The topological polar surface area (TPSA) is 69.4 Å². The summed E-state index contributed by atoms with van der Waals surface area (Å²) < 4.78 is 0. The van der Waals surface area contributed by atoms with E-state index in [1.165, 1.54) is 0 Å². The van der Waals surface area contributed by atoms with Crippen LogP contribution in [0, 0.1) is 5.92 Å². The first-order valence-electron chi connectivity index (χ1n) is 9.72. The molecule has 1 aliphatic heterocycles. The number of benzene rings is 1. The maximum atomic E-state index is 12.7. The summed E-state index contributed by atoms with van der Waals surface area (Å²) in [4.78, 5) is 21.9. The van der Waals surface area contributed by atoms with E-state index in [-0.39, 0.29) is 23.9 Å². The molecule has 0 spiro atoms. The maximum Gasteiger partial charge on any atom is 0.256 e. The molecule has 8 heteroatoms. The maximum absolute atomic E-state index is 12.7. The van der Waals surface area contributed by atoms with Crippen LogP contribution in [-0.2, 0) is 4.84 Å². The van der Waals surface area contributed by atoms with Gasteiger partial charge >= 0.3 is 0 Å². The first-order valence-corrected chi connectivity index (χ1v) is 10.6. The molecular weight excluding hydrogens is 396 g/mol. The summed E-state index contributed by atoms with van der Waals surface area (Å²) in [5.41, 5.74) is 3.68. The molecule has 2 unspecified atom stereocenters. The van der Waals surface area contributed by atoms with Crippen LogP contribution in [0.5, 0.6) is 0 Å². The van der Waals surface area contributed by atoms with Crippen molar-refractivity contribution >= 4 is 45.9 Å². The van der Waals surface area contributed by atoms with Crippen LogP contribution in [0.3, 0.4) is 0 Å². The quantitative estimate of drug-likeness (QED) is 0.506. The number of pyridine rings is 1. The third-order valence-electron chi connectivity index (χ3n) is 5.95. The standard InChI is InChI=1S/C20H25ClN4O2S/c1-11-16-18(17-14(21)7-4-8-15(17)24-20(16)26)25(27-11)13-6-3-5-12(9-13)19(22-2)23-10-28/h4,7-8,10-13,19,22H,3,5-6,9H2,1-2H3,(H,23,28)(H,24,26)/t11?,12-,13+,19?/m0/s1. The van der Waals surface area contributed by atoms with Gasteiger partial charge in [-0.1, -0.05) is 36.3 Å². The van der Waals surface area contributed by atoms with Crippen molar-refractivity contribution in [3.05, 3.63) is 39.1 Å². The fraction of sp³-hybridized carbons (Fsp3) is 0.500. The number of H-pyrrole nitrogens is 1. The Hall–Kier alpha value is -1.67. The molecule has 1 fully saturated rings. The van der Waals surface area contributed by atoms with E-state index in [9.17, 15) is 4.79 Å². The van der Waals surface area contributed by atoms with E-state index in [4.69, 9.17) is 28.7 Å². The summed E-state index contributed by atoms with van der Waals surface area (Å²) in [6, 6.07) is 5.76. The minimum absolute atomic E-state index is 0.109. The van der Waals surface area contributed by atoms with Crippen molar-refractivity contribution in [2.24, 2.45) is 5.92 Å². The average molecular weight is 421 g/mol. The molecule has 4 rings (SSSR count). The van der Waals surface area contributed by atoms with Crippen LogP contribution in [0.15, 0.2) is 23.0 Å². The molecular formula is C20H25ClN4O2S. The SMILES string of the molecule is CNC(NC=S)[C@H]1CCC[C@@H](N2OC(C)c3c2c2c(Cl)cccc2[nH]c3=O)C1. The number of rotatable bonds is 5. The Morgan fingerprint density at radius 3 is 3.00 bits per heavy atom. The lowest BCUT2D eigenvalue weighted by atomic mass is 9.83. The Labute approximate surface area is 174 Å². The van der Waals surface area contributed by atoms with Crippen molar-refractivity contribution in [2.45, 2.75) is 50.9 Å². The zero-order chi connectivity index (χ0) is 19.8. The van der Waals surface area contributed by atoms with Gasteiger partial charge in [0.25, 0.3) is 5.56 Å². The summed E-state index contributed by atoms with van der Waals surface area (Å²) in [6.07, 6.45) is 3.97. The summed E-state index contributed by atoms with van der Waals surface area (Å²) in [5.74, 6) is 0.412. The van der Waals surface area contributed by atoms with Crippen LogP contribution in [-0.4, -0.2) is 29.7 Å². The Bertz CT molecular complexity index is 950. The summed E-state index contributed by atoms with van der Waals surface area (Å²) in [7, 11) is 1.94. The van der Waals surface area contributed by atoms with Gasteiger partial charge in [0, 0.05) is 5.39 Å². The lowest BCUT2D eigenvalue weighted by Crippen LogP contribution is -2.49. The van der Waals surface area contributed by atoms with E-state index in [0.717, 1.165) is 42.3 Å². The van der Waals surface area contributed by atoms with Crippen LogP contribution in [0.4, 0.5) is 5.69 Å². The molecule has 0 saturated heterocycles. The molecule has 1 aliphatic carbocycles. The van der Waals surface area contributed by atoms with E-state index in [0.29, 0.717) is 16.5 Å². The fourth-order valence-electron chi connectivity index (χ4n) is 4.70. The zero-order valence-corrected chi connectivity index (χ0v) is 17.6. The lowest BCUT2D eigenvalue weighted by molar-refractivity contribution is 0.0337. The summed E-state index contributed by atoms with van der Waals surface area (Å²) in [5, 5.41) is 9.98. The Kier molecular flexibility index (Phi) is 5.60. The molecule has 0 bridgehead atoms. The van der Waals surface area contributed by atoms with Gasteiger partial charge < -0.3 is 15.6 Å². The minimum Gasteiger partial charge on any atom is -0.367 e. The molecule has 0 radical (unpaired) electrons. The third-order valence-corrected chi connectivity index (χ3v) is 6.40. The normalized spacial score (nSPS) is 25.5. The molecule has 1 aromatic carbocycles. The number of hydrogen-bond acceptors (Lipinski definition) is 5. The molecule has 2 aliphatic rings. The van der Waals surface area contributed by atoms with Crippen molar-refractivity contribution in [2.75, 3.05) is 12.1 Å². The Morgan fingerprint density at radius 2 is 2.25 bits per heavy atom. The number of aromatic amines is 1. The molecule has 28 heavy (non-hydrogen) atoms. The molecule has 3 N–H and O–H groups in total. The highest BCUT2D eigenvalue weighted by Crippen LogP contribution is 2.45. The first-order chi connectivity index (χ1) is 13.5. The highest BCUT2D eigenvalue weighted by atomic mass is 35.5. The lowest BCUT2D eigenvalue weighted by Gasteiger charge is -2.38. The number of fused-ring (bicyclic) bond motifs is 3. The first kappa shape index (κ1) is 19.6. The van der Waals surface area contributed by atoms with Gasteiger partial charge in [0.05, 0.1) is 39.5 Å². The molecule has 0 amide bonds. The van der Waals surface area contributed by atoms with Gasteiger partial charge in [0.15, 0.2) is 0 Å². The minimum atomic E-state index is -0.306. The van der Waals surface area contributed by atoms with Gasteiger partial charge in [-0.2, -0.15) is 0 Å². The molecule has 2 heterocycles. The van der Waals surface area contributed by atoms with Crippen LogP contribution in [0.1, 0.15) is 44.3 Å². The Balaban J connectivity index is 1.75. The molecule has 150 valence electrons. The van der Waals surface area contributed by atoms with Gasteiger partial charge in [-0.15, -0.1) is 0 Å². The van der Waals surface area contributed by atoms with Crippen molar-refractivity contribution in [3.8, 4) is 0 Å². The second-order valence-electron chi connectivity index (χ2n) is 7.58. The van der Waals surface area contributed by atoms with Gasteiger partial charge in [-0.3, -0.25) is 9.63 Å². The smallest absolute Gasteiger partial charge is 0.256 e. The molecule has 1 aromatic heterocycles. The predicted octanol–water partition coefficient (Wildman–Crippen LogP) is 3.65. The van der Waals surface area contributed by atoms with Crippen molar-refractivity contribution < 1.29 is 4.84 Å². The summed E-state index contributed by atoms with van der Waals surface area (Å²) >= 11 is 11.5. The van der Waals surface area contributed by atoms with Crippen LogP contribution < -0.4 is 21.3 Å². The van der Waals surface area contributed by atoms with E-state index in [1.54, 1.807) is 5.49 Å². The van der Waals surface area contributed by atoms with Crippen LogP contribution in [0.2, 0.25) is 5.02 Å². The largest absolute Gasteiger partial charge is 0.367 e. The van der Waals surface area contributed by atoms with E-state index in [1.807, 2.05) is 37.2 Å². The predicted molar refractivity (Wildman–Crippen MR) is 117 cm³/mol. The fourth-order valence-corrected chi connectivity index (χ4v) is 5.11. The van der Waals surface area contributed by atoms with E-state index >= 15 is 0 Å². The zero-order valence-electron chi connectivity index (χ0n) is 16.0. The van der Waals surface area contributed by atoms with Gasteiger partial charge in [-0.25, -0.2) is 5.06 Å². The van der Waals surface area contributed by atoms with E-state index in [2.05, 4.69) is 15.6 Å². The highest BCUT2D eigenvalue weighted by molar-refractivity contribution is 7.78.